The van der Waals surface area contributed by atoms with Crippen molar-refractivity contribution in [2.24, 2.45) is 0 Å². The predicted octanol–water partition coefficient (Wildman–Crippen LogP) is 5.08. The van der Waals surface area contributed by atoms with Crippen LogP contribution >= 0.6 is 12.2 Å². The van der Waals surface area contributed by atoms with Crippen molar-refractivity contribution >= 4 is 28.9 Å². The van der Waals surface area contributed by atoms with Crippen LogP contribution < -0.4 is 10.6 Å². The predicted molar refractivity (Wildman–Crippen MR) is 136 cm³/mol. The summed E-state index contributed by atoms with van der Waals surface area (Å²) in [5.41, 5.74) is 5.12. The highest BCUT2D eigenvalue weighted by Crippen LogP contribution is 2.39. The smallest absolute Gasteiger partial charge is 0.226 e. The number of anilines is 1. The van der Waals surface area contributed by atoms with Gasteiger partial charge in [-0.05, 0) is 81.4 Å². The fourth-order valence-electron chi connectivity index (χ4n) is 4.40. The van der Waals surface area contributed by atoms with Crippen LogP contribution in [-0.4, -0.2) is 32.0 Å². The maximum Gasteiger partial charge on any atom is 0.226 e. The third-order valence-electron chi connectivity index (χ3n) is 6.12. The van der Waals surface area contributed by atoms with Gasteiger partial charge >= 0.3 is 0 Å². The minimum atomic E-state index is -0.0896. The van der Waals surface area contributed by atoms with E-state index in [1.54, 1.807) is 6.20 Å². The summed E-state index contributed by atoms with van der Waals surface area (Å²) in [6, 6.07) is 16.4. The van der Waals surface area contributed by atoms with Gasteiger partial charge in [-0.15, -0.1) is 0 Å². The van der Waals surface area contributed by atoms with Crippen LogP contribution in [-0.2, 0) is 4.79 Å². The molecule has 0 spiro atoms. The van der Waals surface area contributed by atoms with Gasteiger partial charge in [0.15, 0.2) is 5.11 Å². The van der Waals surface area contributed by atoms with E-state index in [1.165, 1.54) is 0 Å². The van der Waals surface area contributed by atoms with E-state index in [-0.39, 0.29) is 18.0 Å². The topological polar surface area (TPSA) is 62.2 Å². The van der Waals surface area contributed by atoms with Gasteiger partial charge in [-0.25, -0.2) is 0 Å². The molecule has 1 aliphatic rings. The highest BCUT2D eigenvalue weighted by Gasteiger charge is 2.41. The molecule has 0 aliphatic carbocycles. The first-order valence-corrected chi connectivity index (χ1v) is 11.8. The number of hydrogen-bond donors (Lipinski definition) is 2. The van der Waals surface area contributed by atoms with Gasteiger partial charge < -0.3 is 20.1 Å². The van der Waals surface area contributed by atoms with Gasteiger partial charge in [-0.2, -0.15) is 0 Å². The molecular formula is C26H31N5OS. The maximum absolute atomic E-state index is 12.8. The molecule has 172 valence electrons. The Morgan fingerprint density at radius 2 is 2.00 bits per heavy atom. The number of hydrogen-bond acceptors (Lipinski definition) is 3. The summed E-state index contributed by atoms with van der Waals surface area (Å²) < 4.78 is 2.26. The van der Waals surface area contributed by atoms with Crippen molar-refractivity contribution in [2.45, 2.75) is 52.2 Å². The molecule has 1 fully saturated rings. The fraction of sp³-hybridized carbons (Fsp3) is 0.346. The monoisotopic (exact) mass is 461 g/mol. The third-order valence-corrected chi connectivity index (χ3v) is 6.47. The Balaban J connectivity index is 1.57. The quantitative estimate of drug-likeness (QED) is 0.481. The van der Waals surface area contributed by atoms with Crippen LogP contribution in [0.15, 0.2) is 60.9 Å². The van der Waals surface area contributed by atoms with Crippen molar-refractivity contribution in [1.82, 2.24) is 19.8 Å². The van der Waals surface area contributed by atoms with E-state index in [0.29, 0.717) is 24.1 Å². The van der Waals surface area contributed by atoms with E-state index >= 15 is 0 Å². The molecule has 2 atom stereocenters. The van der Waals surface area contributed by atoms with Crippen LogP contribution in [0, 0.1) is 13.8 Å². The maximum atomic E-state index is 12.8. The number of benzene rings is 1. The van der Waals surface area contributed by atoms with Crippen LogP contribution in [0.3, 0.4) is 0 Å². The van der Waals surface area contributed by atoms with Crippen LogP contribution in [0.5, 0.6) is 0 Å². The molecule has 7 heteroatoms. The van der Waals surface area contributed by atoms with Gasteiger partial charge in [0, 0.05) is 42.8 Å². The molecule has 3 aromatic rings. The molecule has 3 heterocycles. The summed E-state index contributed by atoms with van der Waals surface area (Å²) >= 11 is 5.74. The molecular weight excluding hydrogens is 430 g/mol. The number of aromatic nitrogens is 2. The lowest BCUT2D eigenvalue weighted by Gasteiger charge is -2.29. The first kappa shape index (κ1) is 23.0. The zero-order valence-corrected chi connectivity index (χ0v) is 20.4. The molecule has 1 saturated heterocycles. The number of pyridine rings is 1. The Bertz CT molecular complexity index is 1140. The molecule has 1 amide bonds. The number of nitrogens with one attached hydrogen (secondary N) is 2. The van der Waals surface area contributed by atoms with E-state index in [4.69, 9.17) is 12.2 Å². The Hall–Kier alpha value is -3.19. The summed E-state index contributed by atoms with van der Waals surface area (Å²) in [6.07, 6.45) is 4.24. The standard InChI is InChI=1S/C26H31N5OS/c1-17(2)30-14-7-9-22(30)25-24(20-8-5-6-13-27-20)29-26(33)31(25)15-12-23(32)28-21-16-18(3)10-11-19(21)4/h5-11,13-14,16-17,24-25H,12,15H2,1-4H3,(H,28,32)(H,29,33)/t24-,25+/m0/s1. The molecule has 6 nitrogen and oxygen atoms in total. The zero-order chi connectivity index (χ0) is 23.5. The lowest BCUT2D eigenvalue weighted by molar-refractivity contribution is -0.116. The highest BCUT2D eigenvalue weighted by molar-refractivity contribution is 7.80. The van der Waals surface area contributed by atoms with Crippen LogP contribution in [0.25, 0.3) is 0 Å². The van der Waals surface area contributed by atoms with E-state index in [0.717, 1.165) is 28.2 Å². The summed E-state index contributed by atoms with van der Waals surface area (Å²) in [7, 11) is 0. The summed E-state index contributed by atoms with van der Waals surface area (Å²) in [5.74, 6) is -0.0224. The van der Waals surface area contributed by atoms with E-state index < -0.39 is 0 Å². The molecule has 1 aromatic carbocycles. The van der Waals surface area contributed by atoms with Crippen LogP contribution in [0.4, 0.5) is 5.69 Å². The number of aryl methyl sites for hydroxylation is 2. The number of rotatable bonds is 7. The van der Waals surface area contributed by atoms with Gasteiger partial charge in [-0.3, -0.25) is 9.78 Å². The number of nitrogens with zero attached hydrogens (tertiary/aromatic N) is 3. The largest absolute Gasteiger partial charge is 0.352 e. The average molecular weight is 462 g/mol. The van der Waals surface area contributed by atoms with Crippen molar-refractivity contribution in [3.05, 3.63) is 83.4 Å². The second kappa shape index (κ2) is 9.75. The Morgan fingerprint density at radius 1 is 1.18 bits per heavy atom. The zero-order valence-electron chi connectivity index (χ0n) is 19.6. The van der Waals surface area contributed by atoms with E-state index in [2.05, 4.69) is 57.3 Å². The first-order chi connectivity index (χ1) is 15.8. The molecule has 0 unspecified atom stereocenters. The van der Waals surface area contributed by atoms with Crippen molar-refractivity contribution in [2.75, 3.05) is 11.9 Å². The number of carbonyl (C=O) groups is 1. The molecule has 0 saturated carbocycles. The van der Waals surface area contributed by atoms with Crippen molar-refractivity contribution < 1.29 is 4.79 Å². The van der Waals surface area contributed by atoms with Crippen molar-refractivity contribution in [1.29, 1.82) is 0 Å². The highest BCUT2D eigenvalue weighted by atomic mass is 32.1. The molecule has 2 aromatic heterocycles. The molecule has 33 heavy (non-hydrogen) atoms. The van der Waals surface area contributed by atoms with Gasteiger partial charge in [0.05, 0.1) is 17.8 Å². The summed E-state index contributed by atoms with van der Waals surface area (Å²) in [5, 5.41) is 7.17. The van der Waals surface area contributed by atoms with E-state index in [9.17, 15) is 4.79 Å². The molecule has 1 aliphatic heterocycles. The Morgan fingerprint density at radius 3 is 2.73 bits per heavy atom. The second-order valence-electron chi connectivity index (χ2n) is 8.87. The van der Waals surface area contributed by atoms with Gasteiger partial charge in [-0.1, -0.05) is 18.2 Å². The van der Waals surface area contributed by atoms with Gasteiger partial charge in [0.2, 0.25) is 5.91 Å². The number of amides is 1. The number of thiocarbonyl (C=S) groups is 1. The third kappa shape index (κ3) is 4.93. The number of carbonyl (C=O) groups excluding carboxylic acids is 1. The normalized spacial score (nSPS) is 18.0. The Labute approximate surface area is 201 Å². The lowest BCUT2D eigenvalue weighted by atomic mass is 10.0. The van der Waals surface area contributed by atoms with Gasteiger partial charge in [0.25, 0.3) is 0 Å². The molecule has 0 bridgehead atoms. The lowest BCUT2D eigenvalue weighted by Crippen LogP contribution is -2.33. The molecule has 4 rings (SSSR count). The SMILES string of the molecule is Cc1ccc(C)c(NC(=O)CCN2C(=S)N[C@@H](c3ccccn3)[C@H]2c2cccn2C(C)C)c1. The van der Waals surface area contributed by atoms with Crippen molar-refractivity contribution in [3.63, 3.8) is 0 Å². The van der Waals surface area contributed by atoms with Gasteiger partial charge in [0.1, 0.15) is 0 Å². The second-order valence-corrected chi connectivity index (χ2v) is 9.26. The van der Waals surface area contributed by atoms with Crippen LogP contribution in [0.2, 0.25) is 0 Å². The minimum absolute atomic E-state index is 0.0224. The minimum Gasteiger partial charge on any atom is -0.352 e. The first-order valence-electron chi connectivity index (χ1n) is 11.4. The Kier molecular flexibility index (Phi) is 6.79. The summed E-state index contributed by atoms with van der Waals surface area (Å²) in [4.78, 5) is 19.6. The molecule has 0 radical (unpaired) electrons. The summed E-state index contributed by atoms with van der Waals surface area (Å²) in [6.45, 7) is 8.88. The molecule has 2 N–H and O–H groups in total. The van der Waals surface area contributed by atoms with Crippen LogP contribution in [0.1, 0.15) is 60.9 Å². The average Bonchev–Trinajstić information content (AvgIpc) is 3.40. The van der Waals surface area contributed by atoms with E-state index in [1.807, 2.05) is 50.2 Å². The van der Waals surface area contributed by atoms with Crippen molar-refractivity contribution in [3.8, 4) is 0 Å². The fourth-order valence-corrected chi connectivity index (χ4v) is 4.73.